The van der Waals surface area contributed by atoms with E-state index in [4.69, 9.17) is 14.9 Å². The van der Waals surface area contributed by atoms with Crippen LogP contribution in [0.1, 0.15) is 32.1 Å². The maximum absolute atomic E-state index is 8.77. The van der Waals surface area contributed by atoms with Gasteiger partial charge in [-0.3, -0.25) is 0 Å². The van der Waals surface area contributed by atoms with Gasteiger partial charge in [-0.15, -0.1) is 0 Å². The van der Waals surface area contributed by atoms with Gasteiger partial charge in [-0.1, -0.05) is 19.3 Å². The summed E-state index contributed by atoms with van der Waals surface area (Å²) in [6.07, 6.45) is 4.81. The standard InChI is InChI=1S/C8H16O3/c9-6-4-2-1-3-5-7-8(10)11-7/h7-10H,1-6H2. The molecule has 0 saturated carbocycles. The molecule has 2 atom stereocenters. The lowest BCUT2D eigenvalue weighted by Gasteiger charge is -1.95. The average molecular weight is 160 g/mol. The molecule has 1 rings (SSSR count). The van der Waals surface area contributed by atoms with Crippen molar-refractivity contribution >= 4 is 0 Å². The van der Waals surface area contributed by atoms with Crippen LogP contribution in [0.5, 0.6) is 0 Å². The number of aliphatic hydroxyl groups excluding tert-OH is 2. The van der Waals surface area contributed by atoms with Crippen LogP contribution in [-0.2, 0) is 4.74 Å². The van der Waals surface area contributed by atoms with Gasteiger partial charge < -0.3 is 14.9 Å². The first-order valence-electron chi connectivity index (χ1n) is 4.29. The Morgan fingerprint density at radius 1 is 1.09 bits per heavy atom. The lowest BCUT2D eigenvalue weighted by Crippen LogP contribution is -1.92. The van der Waals surface area contributed by atoms with Crippen LogP contribution >= 0.6 is 0 Å². The van der Waals surface area contributed by atoms with Crippen LogP contribution in [0, 0.1) is 0 Å². The first-order chi connectivity index (χ1) is 5.34. The highest BCUT2D eigenvalue weighted by Crippen LogP contribution is 2.24. The number of ether oxygens (including phenoxy) is 1. The van der Waals surface area contributed by atoms with Gasteiger partial charge in [0.1, 0.15) is 6.10 Å². The second-order valence-corrected chi connectivity index (χ2v) is 2.99. The molecule has 0 aromatic carbocycles. The van der Waals surface area contributed by atoms with Crippen LogP contribution in [-0.4, -0.2) is 29.2 Å². The SMILES string of the molecule is OCCCCCCC1OC1O. The van der Waals surface area contributed by atoms with E-state index in [0.717, 1.165) is 32.1 Å². The predicted octanol–water partition coefficient (Wildman–Crippen LogP) is 0.646. The molecule has 1 saturated heterocycles. The van der Waals surface area contributed by atoms with E-state index in [2.05, 4.69) is 0 Å². The Morgan fingerprint density at radius 2 is 1.73 bits per heavy atom. The summed E-state index contributed by atoms with van der Waals surface area (Å²) in [7, 11) is 0. The fourth-order valence-corrected chi connectivity index (χ4v) is 1.16. The average Bonchev–Trinajstić information content (AvgIpc) is 2.67. The molecule has 0 radical (unpaired) electrons. The molecule has 0 spiro atoms. The van der Waals surface area contributed by atoms with Gasteiger partial charge in [-0.2, -0.15) is 0 Å². The van der Waals surface area contributed by atoms with Gasteiger partial charge in [-0.25, -0.2) is 0 Å². The van der Waals surface area contributed by atoms with Gasteiger partial charge in [-0.05, 0) is 12.8 Å². The van der Waals surface area contributed by atoms with Crippen LogP contribution in [0.15, 0.2) is 0 Å². The molecule has 1 aliphatic heterocycles. The second kappa shape index (κ2) is 4.70. The third-order valence-electron chi connectivity index (χ3n) is 1.95. The van der Waals surface area contributed by atoms with Crippen molar-refractivity contribution in [2.24, 2.45) is 0 Å². The van der Waals surface area contributed by atoms with Crippen molar-refractivity contribution in [2.45, 2.75) is 44.5 Å². The zero-order valence-electron chi connectivity index (χ0n) is 6.70. The summed E-state index contributed by atoms with van der Waals surface area (Å²) in [6, 6.07) is 0. The summed E-state index contributed by atoms with van der Waals surface area (Å²) in [5, 5.41) is 17.2. The topological polar surface area (TPSA) is 53.0 Å². The first-order valence-corrected chi connectivity index (χ1v) is 4.29. The molecule has 3 heteroatoms. The van der Waals surface area contributed by atoms with Crippen molar-refractivity contribution in [1.29, 1.82) is 0 Å². The van der Waals surface area contributed by atoms with Crippen molar-refractivity contribution in [3.63, 3.8) is 0 Å². The quantitative estimate of drug-likeness (QED) is 0.443. The molecular formula is C8H16O3. The van der Waals surface area contributed by atoms with Crippen molar-refractivity contribution in [3.05, 3.63) is 0 Å². The maximum Gasteiger partial charge on any atom is 0.181 e. The highest BCUT2D eigenvalue weighted by atomic mass is 16.7. The molecule has 0 aromatic heterocycles. The zero-order valence-corrected chi connectivity index (χ0v) is 6.70. The van der Waals surface area contributed by atoms with Crippen molar-refractivity contribution in [1.82, 2.24) is 0 Å². The van der Waals surface area contributed by atoms with E-state index in [9.17, 15) is 0 Å². The van der Waals surface area contributed by atoms with E-state index in [1.807, 2.05) is 0 Å². The second-order valence-electron chi connectivity index (χ2n) is 2.99. The summed E-state index contributed by atoms with van der Waals surface area (Å²) < 4.78 is 4.83. The molecule has 0 aromatic rings. The molecule has 0 aliphatic carbocycles. The Hall–Kier alpha value is -0.120. The van der Waals surface area contributed by atoms with Gasteiger partial charge in [0.25, 0.3) is 0 Å². The Bertz CT molecular complexity index is 106. The third kappa shape index (κ3) is 3.70. The van der Waals surface area contributed by atoms with Crippen LogP contribution in [0.3, 0.4) is 0 Å². The molecule has 0 amide bonds. The molecule has 1 fully saturated rings. The minimum absolute atomic E-state index is 0.115. The summed E-state index contributed by atoms with van der Waals surface area (Å²) in [6.45, 7) is 0.294. The Kier molecular flexibility index (Phi) is 3.83. The molecule has 66 valence electrons. The van der Waals surface area contributed by atoms with Gasteiger partial charge in [0, 0.05) is 6.61 Å². The number of hydrogen-bond acceptors (Lipinski definition) is 3. The first kappa shape index (κ1) is 8.97. The summed E-state index contributed by atoms with van der Waals surface area (Å²) in [5.74, 6) is 0. The van der Waals surface area contributed by atoms with E-state index >= 15 is 0 Å². The number of rotatable bonds is 6. The molecule has 1 aliphatic rings. The largest absolute Gasteiger partial charge is 0.396 e. The van der Waals surface area contributed by atoms with Crippen molar-refractivity contribution < 1.29 is 14.9 Å². The number of aliphatic hydroxyl groups is 2. The zero-order chi connectivity index (χ0) is 8.10. The fourth-order valence-electron chi connectivity index (χ4n) is 1.16. The van der Waals surface area contributed by atoms with E-state index in [1.54, 1.807) is 0 Å². The van der Waals surface area contributed by atoms with Gasteiger partial charge >= 0.3 is 0 Å². The predicted molar refractivity (Wildman–Crippen MR) is 41.1 cm³/mol. The fraction of sp³-hybridized carbons (Fsp3) is 1.00. The normalized spacial score (nSPS) is 28.9. The molecule has 3 nitrogen and oxygen atoms in total. The summed E-state index contributed by atoms with van der Waals surface area (Å²) in [5.41, 5.74) is 0. The Morgan fingerprint density at radius 3 is 2.27 bits per heavy atom. The van der Waals surface area contributed by atoms with Gasteiger partial charge in [0.2, 0.25) is 0 Å². The smallest absolute Gasteiger partial charge is 0.181 e. The van der Waals surface area contributed by atoms with E-state index < -0.39 is 6.29 Å². The summed E-state index contributed by atoms with van der Waals surface area (Å²) >= 11 is 0. The molecule has 11 heavy (non-hydrogen) atoms. The Labute approximate surface area is 67.0 Å². The van der Waals surface area contributed by atoms with Crippen molar-refractivity contribution in [2.75, 3.05) is 6.61 Å². The van der Waals surface area contributed by atoms with Crippen LogP contribution in [0.4, 0.5) is 0 Å². The molecular weight excluding hydrogens is 144 g/mol. The van der Waals surface area contributed by atoms with Crippen LogP contribution < -0.4 is 0 Å². The van der Waals surface area contributed by atoms with E-state index in [1.165, 1.54) is 0 Å². The number of unbranched alkanes of at least 4 members (excludes halogenated alkanes) is 3. The van der Waals surface area contributed by atoms with Crippen molar-refractivity contribution in [3.8, 4) is 0 Å². The van der Waals surface area contributed by atoms with Crippen LogP contribution in [0.25, 0.3) is 0 Å². The highest BCUT2D eigenvalue weighted by Gasteiger charge is 2.35. The van der Waals surface area contributed by atoms with Gasteiger partial charge in [0.05, 0.1) is 0 Å². The van der Waals surface area contributed by atoms with Gasteiger partial charge in [0.15, 0.2) is 6.29 Å². The highest BCUT2D eigenvalue weighted by molar-refractivity contribution is 4.73. The maximum atomic E-state index is 8.77. The van der Waals surface area contributed by atoms with Crippen LogP contribution in [0.2, 0.25) is 0 Å². The number of hydrogen-bond donors (Lipinski definition) is 2. The molecule has 2 N–H and O–H groups in total. The van der Waals surface area contributed by atoms with E-state index in [0.29, 0.717) is 6.61 Å². The lowest BCUT2D eigenvalue weighted by atomic mass is 10.1. The molecule has 2 unspecified atom stereocenters. The van der Waals surface area contributed by atoms with E-state index in [-0.39, 0.29) is 6.10 Å². The monoisotopic (exact) mass is 160 g/mol. The lowest BCUT2D eigenvalue weighted by molar-refractivity contribution is 0.156. The molecule has 1 heterocycles. The Balaban J connectivity index is 1.74. The number of epoxide rings is 1. The summed E-state index contributed by atoms with van der Waals surface area (Å²) in [4.78, 5) is 0. The minimum Gasteiger partial charge on any atom is -0.396 e. The minimum atomic E-state index is -0.479. The third-order valence-corrected chi connectivity index (χ3v) is 1.95. The molecule has 0 bridgehead atoms.